The van der Waals surface area contributed by atoms with Gasteiger partial charge >= 0.3 is 0 Å². The molecular weight excluding hydrogens is 370 g/mol. The molecule has 138 valence electrons. The van der Waals surface area contributed by atoms with Crippen molar-refractivity contribution in [2.75, 3.05) is 25.1 Å². The number of hydrogen-bond acceptors (Lipinski definition) is 5. The van der Waals surface area contributed by atoms with Crippen LogP contribution in [-0.4, -0.2) is 38.1 Å². The maximum Gasteiger partial charge on any atom is 0.265 e. The number of para-hydroxylation sites is 2. The van der Waals surface area contributed by atoms with E-state index in [9.17, 15) is 9.59 Å². The van der Waals surface area contributed by atoms with Gasteiger partial charge in [-0.25, -0.2) is 0 Å². The number of anilines is 1. The lowest BCUT2D eigenvalue weighted by Gasteiger charge is -2.33. The second-order valence-corrected chi connectivity index (χ2v) is 6.15. The van der Waals surface area contributed by atoms with Crippen molar-refractivity contribution in [1.82, 2.24) is 5.32 Å². The summed E-state index contributed by atoms with van der Waals surface area (Å²) in [6, 6.07) is 13.5. The highest BCUT2D eigenvalue weighted by molar-refractivity contribution is 6.32. The number of amides is 2. The summed E-state index contributed by atoms with van der Waals surface area (Å²) in [7, 11) is 1.51. The van der Waals surface area contributed by atoms with E-state index < -0.39 is 6.10 Å². The zero-order chi connectivity index (χ0) is 19.4. The van der Waals surface area contributed by atoms with Crippen LogP contribution in [0.15, 0.2) is 42.5 Å². The van der Waals surface area contributed by atoms with Crippen molar-refractivity contribution < 1.29 is 19.1 Å². The van der Waals surface area contributed by atoms with Crippen molar-refractivity contribution in [2.45, 2.75) is 6.10 Å². The molecule has 0 aromatic heterocycles. The molecule has 0 saturated carbocycles. The standard InChI is InChI=1S/C19H16ClN3O4/c1-22-19(25)17-10-23(14-4-2-3-5-16(14)27-17)18(24)11-26-15-7-6-12(9-21)8-13(15)20/h2-8,17H,10-11H2,1H3,(H,22,25)/t17-/m1/s1. The van der Waals surface area contributed by atoms with Gasteiger partial charge in [-0.3, -0.25) is 9.59 Å². The van der Waals surface area contributed by atoms with E-state index in [4.69, 9.17) is 26.3 Å². The number of carbonyl (C=O) groups excluding carboxylic acids is 2. The van der Waals surface area contributed by atoms with E-state index in [0.717, 1.165) is 0 Å². The van der Waals surface area contributed by atoms with E-state index in [0.29, 0.717) is 22.7 Å². The average molecular weight is 386 g/mol. The van der Waals surface area contributed by atoms with E-state index >= 15 is 0 Å². The van der Waals surface area contributed by atoms with Crippen LogP contribution in [0.25, 0.3) is 0 Å². The number of likely N-dealkylation sites (N-methyl/N-ethyl adjacent to an activating group) is 1. The van der Waals surface area contributed by atoms with Crippen molar-refractivity contribution in [1.29, 1.82) is 5.26 Å². The van der Waals surface area contributed by atoms with Crippen LogP contribution in [0.1, 0.15) is 5.56 Å². The minimum absolute atomic E-state index is 0.0694. The maximum atomic E-state index is 12.7. The van der Waals surface area contributed by atoms with Gasteiger partial charge in [-0.2, -0.15) is 5.26 Å². The van der Waals surface area contributed by atoms with E-state index in [2.05, 4.69) is 5.32 Å². The fraction of sp³-hybridized carbons (Fsp3) is 0.211. The number of hydrogen-bond donors (Lipinski definition) is 1. The lowest BCUT2D eigenvalue weighted by molar-refractivity contribution is -0.128. The van der Waals surface area contributed by atoms with Crippen molar-refractivity contribution >= 4 is 29.1 Å². The van der Waals surface area contributed by atoms with Crippen molar-refractivity contribution in [3.05, 3.63) is 53.1 Å². The topological polar surface area (TPSA) is 91.7 Å². The Bertz CT molecular complexity index is 925. The van der Waals surface area contributed by atoms with Crippen LogP contribution in [0, 0.1) is 11.3 Å². The number of halogens is 1. The molecule has 1 N–H and O–H groups in total. The molecule has 27 heavy (non-hydrogen) atoms. The predicted octanol–water partition coefficient (Wildman–Crippen LogP) is 2.13. The summed E-state index contributed by atoms with van der Waals surface area (Å²) in [6.07, 6.45) is -0.813. The molecule has 2 aromatic carbocycles. The Morgan fingerprint density at radius 1 is 1.37 bits per heavy atom. The zero-order valence-corrected chi connectivity index (χ0v) is 15.2. The molecule has 1 aliphatic rings. The van der Waals surface area contributed by atoms with E-state index in [-0.39, 0.29) is 30.0 Å². The first kappa shape index (κ1) is 18.5. The Labute approximate surface area is 161 Å². The van der Waals surface area contributed by atoms with Crippen molar-refractivity contribution in [2.24, 2.45) is 0 Å². The Hall–Kier alpha value is -3.24. The van der Waals surface area contributed by atoms with Crippen LogP contribution in [0.2, 0.25) is 5.02 Å². The first-order valence-electron chi connectivity index (χ1n) is 8.13. The summed E-state index contributed by atoms with van der Waals surface area (Å²) in [5.74, 6) is 0.0777. The monoisotopic (exact) mass is 385 g/mol. The van der Waals surface area contributed by atoms with Gasteiger partial charge in [0.15, 0.2) is 12.7 Å². The third kappa shape index (κ3) is 3.96. The number of benzene rings is 2. The second kappa shape index (κ2) is 7.98. The van der Waals surface area contributed by atoms with Gasteiger partial charge in [0.25, 0.3) is 11.8 Å². The summed E-state index contributed by atoms with van der Waals surface area (Å²) >= 11 is 6.07. The number of ether oxygens (including phenoxy) is 2. The van der Waals surface area contributed by atoms with Crippen LogP contribution in [0.4, 0.5) is 5.69 Å². The van der Waals surface area contributed by atoms with Crippen LogP contribution < -0.4 is 19.7 Å². The molecule has 0 saturated heterocycles. The fourth-order valence-electron chi connectivity index (χ4n) is 2.67. The molecule has 3 rings (SSSR count). The molecule has 0 radical (unpaired) electrons. The minimum atomic E-state index is -0.813. The molecular formula is C19H16ClN3O4. The number of nitriles is 1. The molecule has 1 heterocycles. The Kier molecular flexibility index (Phi) is 5.48. The number of nitrogens with one attached hydrogen (secondary N) is 1. The molecule has 0 spiro atoms. The highest BCUT2D eigenvalue weighted by atomic mass is 35.5. The third-order valence-corrected chi connectivity index (χ3v) is 4.32. The van der Waals surface area contributed by atoms with E-state index in [1.165, 1.54) is 24.1 Å². The van der Waals surface area contributed by atoms with Gasteiger partial charge in [0, 0.05) is 7.05 Å². The van der Waals surface area contributed by atoms with Gasteiger partial charge in [0.05, 0.1) is 28.9 Å². The molecule has 2 aromatic rings. The van der Waals surface area contributed by atoms with Gasteiger partial charge in [-0.1, -0.05) is 23.7 Å². The lowest BCUT2D eigenvalue weighted by Crippen LogP contribution is -2.51. The van der Waals surface area contributed by atoms with Gasteiger partial charge in [-0.15, -0.1) is 0 Å². The lowest BCUT2D eigenvalue weighted by atomic mass is 10.1. The largest absolute Gasteiger partial charge is 0.482 e. The summed E-state index contributed by atoms with van der Waals surface area (Å²) in [6.45, 7) is -0.208. The first-order chi connectivity index (χ1) is 13.0. The molecule has 7 nitrogen and oxygen atoms in total. The van der Waals surface area contributed by atoms with Gasteiger partial charge < -0.3 is 19.7 Å². The van der Waals surface area contributed by atoms with E-state index in [1.807, 2.05) is 6.07 Å². The SMILES string of the molecule is CNC(=O)[C@H]1CN(C(=O)COc2ccc(C#N)cc2Cl)c2ccccc2O1. The normalized spacial score (nSPS) is 15.1. The number of rotatable bonds is 4. The second-order valence-electron chi connectivity index (χ2n) is 5.74. The van der Waals surface area contributed by atoms with Crippen LogP contribution in [-0.2, 0) is 9.59 Å². The number of carbonyl (C=O) groups is 2. The quantitative estimate of drug-likeness (QED) is 0.870. The molecule has 0 fully saturated rings. The smallest absolute Gasteiger partial charge is 0.265 e. The highest BCUT2D eigenvalue weighted by Gasteiger charge is 2.33. The van der Waals surface area contributed by atoms with Gasteiger partial charge in [0.1, 0.15) is 11.5 Å². The minimum Gasteiger partial charge on any atom is -0.482 e. The Morgan fingerprint density at radius 3 is 2.85 bits per heavy atom. The highest BCUT2D eigenvalue weighted by Crippen LogP contribution is 2.33. The van der Waals surface area contributed by atoms with Crippen molar-refractivity contribution in [3.8, 4) is 17.6 Å². The Balaban J connectivity index is 1.77. The maximum absolute atomic E-state index is 12.7. The van der Waals surface area contributed by atoms with Crippen molar-refractivity contribution in [3.63, 3.8) is 0 Å². The van der Waals surface area contributed by atoms with E-state index in [1.54, 1.807) is 30.3 Å². The molecule has 0 unspecified atom stereocenters. The number of fused-ring (bicyclic) bond motifs is 1. The predicted molar refractivity (Wildman–Crippen MR) is 98.9 cm³/mol. The zero-order valence-electron chi connectivity index (χ0n) is 14.4. The van der Waals surface area contributed by atoms with Gasteiger partial charge in [-0.05, 0) is 30.3 Å². The van der Waals surface area contributed by atoms with Gasteiger partial charge in [0.2, 0.25) is 0 Å². The Morgan fingerprint density at radius 2 is 2.15 bits per heavy atom. The molecule has 0 bridgehead atoms. The molecule has 0 aliphatic carbocycles. The van der Waals surface area contributed by atoms with Crippen LogP contribution >= 0.6 is 11.6 Å². The molecule has 1 aliphatic heterocycles. The molecule has 1 atom stereocenters. The molecule has 8 heteroatoms. The summed E-state index contributed by atoms with van der Waals surface area (Å²) in [4.78, 5) is 26.2. The first-order valence-corrected chi connectivity index (χ1v) is 8.51. The molecule has 2 amide bonds. The summed E-state index contributed by atoms with van der Waals surface area (Å²) in [5, 5.41) is 11.6. The van der Waals surface area contributed by atoms with Crippen LogP contribution in [0.3, 0.4) is 0 Å². The summed E-state index contributed by atoms with van der Waals surface area (Å²) in [5.41, 5.74) is 0.964. The number of nitrogens with zero attached hydrogens (tertiary/aromatic N) is 2. The summed E-state index contributed by atoms with van der Waals surface area (Å²) < 4.78 is 11.2. The van der Waals surface area contributed by atoms with Crippen LogP contribution in [0.5, 0.6) is 11.5 Å². The average Bonchev–Trinajstić information content (AvgIpc) is 2.71. The fourth-order valence-corrected chi connectivity index (χ4v) is 2.91. The third-order valence-electron chi connectivity index (χ3n) is 4.03.